The third-order valence-electron chi connectivity index (χ3n) is 1.91. The van der Waals surface area contributed by atoms with Crippen LogP contribution in [0.2, 0.25) is 0 Å². The number of carbonyl (C=O) groups excluding carboxylic acids is 1. The van der Waals surface area contributed by atoms with Crippen molar-refractivity contribution in [3.8, 4) is 0 Å². The number of hydrogen-bond donors (Lipinski definition) is 0. The first-order chi connectivity index (χ1) is 8.21. The fourth-order valence-corrected chi connectivity index (χ4v) is 3.82. The molecule has 1 atom stereocenters. The normalized spacial score (nSPS) is 14.0. The van der Waals surface area contributed by atoms with Crippen LogP contribution in [0.25, 0.3) is 0 Å². The summed E-state index contributed by atoms with van der Waals surface area (Å²) in [6.07, 6.45) is 0.662. The summed E-state index contributed by atoms with van der Waals surface area (Å²) < 4.78 is 28.7. The lowest BCUT2D eigenvalue weighted by Gasteiger charge is -2.29. The predicted octanol–water partition coefficient (Wildman–Crippen LogP) is 3.72. The van der Waals surface area contributed by atoms with Crippen LogP contribution in [-0.2, 0) is 23.1 Å². The van der Waals surface area contributed by atoms with Crippen molar-refractivity contribution in [1.82, 2.24) is 0 Å². The Morgan fingerprint density at radius 3 is 1.83 bits per heavy atom. The molecule has 0 aliphatic rings. The van der Waals surface area contributed by atoms with Crippen LogP contribution in [0.4, 0.5) is 0 Å². The Hall–Kier alpha value is -0.380. The maximum atomic E-state index is 12.7. The van der Waals surface area contributed by atoms with Crippen LogP contribution in [0.5, 0.6) is 0 Å². The van der Waals surface area contributed by atoms with E-state index >= 15 is 0 Å². The van der Waals surface area contributed by atoms with Crippen LogP contribution in [0.15, 0.2) is 0 Å². The largest absolute Gasteiger partial charge is 0.450 e. The van der Waals surface area contributed by atoms with E-state index in [0.29, 0.717) is 6.42 Å². The molecule has 0 amide bonds. The van der Waals surface area contributed by atoms with Gasteiger partial charge in [0.1, 0.15) is 0 Å². The quantitative estimate of drug-likeness (QED) is 0.501. The molecule has 0 unspecified atom stereocenters. The number of ether oxygens (including phenoxy) is 1. The molecule has 0 radical (unpaired) electrons. The van der Waals surface area contributed by atoms with E-state index in [1.54, 1.807) is 27.7 Å². The van der Waals surface area contributed by atoms with Gasteiger partial charge in [0.25, 0.3) is 0 Å². The van der Waals surface area contributed by atoms with Crippen molar-refractivity contribution in [1.29, 1.82) is 0 Å². The molecule has 0 fully saturated rings. The molecule has 0 bridgehead atoms. The molecule has 0 rings (SSSR count). The van der Waals surface area contributed by atoms with Crippen LogP contribution in [0.1, 0.15) is 54.4 Å². The molecular weight excluding hydrogens is 255 g/mol. The van der Waals surface area contributed by atoms with Crippen molar-refractivity contribution in [3.63, 3.8) is 0 Å². The Balaban J connectivity index is 5.07. The fourth-order valence-electron chi connectivity index (χ4n) is 1.47. The van der Waals surface area contributed by atoms with Gasteiger partial charge in [-0.3, -0.25) is 9.36 Å². The highest BCUT2D eigenvalue weighted by Gasteiger charge is 2.39. The van der Waals surface area contributed by atoms with Crippen LogP contribution < -0.4 is 0 Å². The first-order valence-electron chi connectivity index (χ1n) is 6.35. The van der Waals surface area contributed by atoms with Crippen LogP contribution in [-0.4, -0.2) is 24.0 Å². The Labute approximate surface area is 110 Å². The monoisotopic (exact) mass is 280 g/mol. The summed E-state index contributed by atoms with van der Waals surface area (Å²) in [5, 5.41) is 0. The van der Waals surface area contributed by atoms with E-state index in [-0.39, 0.29) is 12.2 Å². The second-order valence-corrected chi connectivity index (χ2v) is 6.78. The lowest BCUT2D eigenvalue weighted by atomic mass is 10.4. The molecule has 0 heterocycles. The van der Waals surface area contributed by atoms with Crippen molar-refractivity contribution in [2.45, 2.75) is 72.4 Å². The molecule has 18 heavy (non-hydrogen) atoms. The number of hydrogen-bond acceptors (Lipinski definition) is 5. The van der Waals surface area contributed by atoms with Gasteiger partial charge in [0.15, 0.2) is 0 Å². The van der Waals surface area contributed by atoms with Crippen molar-refractivity contribution in [2.75, 3.05) is 0 Å². The van der Waals surface area contributed by atoms with Gasteiger partial charge in [0, 0.05) is 6.92 Å². The van der Waals surface area contributed by atoms with E-state index in [9.17, 15) is 9.36 Å². The molecule has 0 N–H and O–H groups in total. The average molecular weight is 280 g/mol. The highest BCUT2D eigenvalue weighted by Crippen LogP contribution is 2.56. The van der Waals surface area contributed by atoms with Crippen LogP contribution >= 0.6 is 7.60 Å². The molecule has 5 nitrogen and oxygen atoms in total. The van der Waals surface area contributed by atoms with E-state index in [2.05, 4.69) is 0 Å². The minimum absolute atomic E-state index is 0.260. The van der Waals surface area contributed by atoms with Gasteiger partial charge >= 0.3 is 13.6 Å². The number of rotatable bonds is 8. The molecule has 0 aromatic rings. The first-order valence-corrected chi connectivity index (χ1v) is 7.96. The topological polar surface area (TPSA) is 61.8 Å². The predicted molar refractivity (Wildman–Crippen MR) is 70.5 cm³/mol. The van der Waals surface area contributed by atoms with Crippen molar-refractivity contribution < 1.29 is 23.1 Å². The Morgan fingerprint density at radius 1 is 1.11 bits per heavy atom. The van der Waals surface area contributed by atoms with Crippen LogP contribution in [0.3, 0.4) is 0 Å². The molecule has 6 heteroatoms. The highest BCUT2D eigenvalue weighted by atomic mass is 31.2. The first kappa shape index (κ1) is 17.6. The minimum Gasteiger partial charge on any atom is -0.450 e. The second kappa shape index (κ2) is 7.93. The fraction of sp³-hybridized carbons (Fsp3) is 0.917. The third kappa shape index (κ3) is 6.53. The van der Waals surface area contributed by atoms with Gasteiger partial charge in [-0.05, 0) is 34.1 Å². The minimum atomic E-state index is -3.46. The summed E-state index contributed by atoms with van der Waals surface area (Å²) in [4.78, 5) is 11.1. The molecule has 0 spiro atoms. The summed E-state index contributed by atoms with van der Waals surface area (Å²) in [6, 6.07) is 0. The Bertz CT molecular complexity index is 287. The van der Waals surface area contributed by atoms with Gasteiger partial charge in [0.05, 0.1) is 12.2 Å². The van der Waals surface area contributed by atoms with E-state index in [4.69, 9.17) is 13.8 Å². The second-order valence-electron chi connectivity index (χ2n) is 4.70. The maximum Gasteiger partial charge on any atom is 0.371 e. The van der Waals surface area contributed by atoms with E-state index in [1.165, 1.54) is 6.92 Å². The third-order valence-corrected chi connectivity index (χ3v) is 4.41. The Morgan fingerprint density at radius 2 is 1.56 bits per heavy atom. The molecule has 0 saturated carbocycles. The zero-order chi connectivity index (χ0) is 14.3. The number of carbonyl (C=O) groups is 1. The molecule has 0 aromatic carbocycles. The molecule has 0 saturated heterocycles. The van der Waals surface area contributed by atoms with Gasteiger partial charge in [0.2, 0.25) is 5.85 Å². The standard InChI is InChI=1S/C12H25O5P/c1-7-8-12(15-11(6)13)18(14,16-9(2)3)17-10(4)5/h9-10,12H,7-8H2,1-6H3/t12-/m1/s1. The van der Waals surface area contributed by atoms with E-state index < -0.39 is 19.4 Å². The smallest absolute Gasteiger partial charge is 0.371 e. The highest BCUT2D eigenvalue weighted by molar-refractivity contribution is 7.54. The van der Waals surface area contributed by atoms with Gasteiger partial charge in [-0.2, -0.15) is 0 Å². The molecule has 0 aromatic heterocycles. The van der Waals surface area contributed by atoms with Gasteiger partial charge < -0.3 is 13.8 Å². The lowest BCUT2D eigenvalue weighted by Crippen LogP contribution is -2.22. The van der Waals surface area contributed by atoms with Crippen molar-refractivity contribution in [2.24, 2.45) is 0 Å². The zero-order valence-electron chi connectivity index (χ0n) is 12.1. The van der Waals surface area contributed by atoms with Crippen LogP contribution in [0, 0.1) is 0 Å². The summed E-state index contributed by atoms with van der Waals surface area (Å²) in [5.41, 5.74) is 0. The molecule has 0 aliphatic heterocycles. The maximum absolute atomic E-state index is 12.7. The summed E-state index contributed by atoms with van der Waals surface area (Å²) in [6.45, 7) is 10.3. The Kier molecular flexibility index (Phi) is 7.76. The van der Waals surface area contributed by atoms with Gasteiger partial charge in [-0.1, -0.05) is 13.3 Å². The zero-order valence-corrected chi connectivity index (χ0v) is 13.0. The molecule has 108 valence electrons. The summed E-state index contributed by atoms with van der Waals surface area (Å²) in [7, 11) is -3.46. The molecule has 0 aliphatic carbocycles. The number of esters is 1. The lowest BCUT2D eigenvalue weighted by molar-refractivity contribution is -0.144. The SMILES string of the molecule is CCC[C@H](OC(C)=O)P(=O)(OC(C)C)OC(C)C. The van der Waals surface area contributed by atoms with Crippen molar-refractivity contribution in [3.05, 3.63) is 0 Å². The summed E-state index contributed by atoms with van der Waals surface area (Å²) in [5.74, 6) is -1.31. The molecular formula is C12H25O5P. The summed E-state index contributed by atoms with van der Waals surface area (Å²) >= 11 is 0. The van der Waals surface area contributed by atoms with Gasteiger partial charge in [-0.25, -0.2) is 0 Å². The van der Waals surface area contributed by atoms with E-state index in [1.807, 2.05) is 6.92 Å². The van der Waals surface area contributed by atoms with Crippen molar-refractivity contribution >= 4 is 13.6 Å². The van der Waals surface area contributed by atoms with E-state index in [0.717, 1.165) is 6.42 Å². The average Bonchev–Trinajstić information content (AvgIpc) is 2.13. The van der Waals surface area contributed by atoms with Gasteiger partial charge in [-0.15, -0.1) is 0 Å².